The average molecular weight is 334 g/mol. The maximum absolute atomic E-state index is 12.5. The number of benzene rings is 2. The van der Waals surface area contributed by atoms with Crippen LogP contribution in [-0.4, -0.2) is 4.98 Å². The third kappa shape index (κ3) is 3.46. The van der Waals surface area contributed by atoms with Gasteiger partial charge in [-0.05, 0) is 60.9 Å². The van der Waals surface area contributed by atoms with E-state index in [0.717, 1.165) is 34.9 Å². The monoisotopic (exact) mass is 334 g/mol. The van der Waals surface area contributed by atoms with Crippen molar-refractivity contribution in [3.8, 4) is 0 Å². The Morgan fingerprint density at radius 2 is 1.64 bits per heavy atom. The van der Waals surface area contributed by atoms with Gasteiger partial charge in [0.25, 0.3) is 5.56 Å². The highest BCUT2D eigenvalue weighted by atomic mass is 16.1. The number of aromatic nitrogens is 1. The number of nitrogens with one attached hydrogen (secondary N) is 2. The summed E-state index contributed by atoms with van der Waals surface area (Å²) < 4.78 is 0. The van der Waals surface area contributed by atoms with Gasteiger partial charge in [-0.15, -0.1) is 0 Å². The Morgan fingerprint density at radius 3 is 2.28 bits per heavy atom. The van der Waals surface area contributed by atoms with Crippen molar-refractivity contribution >= 4 is 16.6 Å². The highest BCUT2D eigenvalue weighted by Gasteiger charge is 2.09. The van der Waals surface area contributed by atoms with Gasteiger partial charge < -0.3 is 10.3 Å². The van der Waals surface area contributed by atoms with Gasteiger partial charge in [-0.3, -0.25) is 4.79 Å². The van der Waals surface area contributed by atoms with Crippen molar-refractivity contribution in [3.63, 3.8) is 0 Å². The quantitative estimate of drug-likeness (QED) is 0.698. The summed E-state index contributed by atoms with van der Waals surface area (Å²) in [4.78, 5) is 15.6. The first kappa shape index (κ1) is 17.3. The molecule has 2 aromatic carbocycles. The SMILES string of the molecule is CCc1cccc(CC)c1NCc1cc2cc(C)cc(C)c2[nH]c1=O. The Labute approximate surface area is 149 Å². The molecule has 0 saturated heterocycles. The molecule has 0 aliphatic heterocycles. The van der Waals surface area contributed by atoms with Gasteiger partial charge in [0, 0.05) is 17.8 Å². The van der Waals surface area contributed by atoms with E-state index in [1.807, 2.05) is 13.0 Å². The lowest BCUT2D eigenvalue weighted by molar-refractivity contribution is 1.03. The number of aryl methyl sites for hydroxylation is 4. The summed E-state index contributed by atoms with van der Waals surface area (Å²) in [6.07, 6.45) is 1.95. The number of pyridine rings is 1. The van der Waals surface area contributed by atoms with E-state index in [-0.39, 0.29) is 5.56 Å². The smallest absolute Gasteiger partial charge is 0.253 e. The number of anilines is 1. The number of hydrogen-bond acceptors (Lipinski definition) is 2. The standard InChI is InChI=1S/C22H26N2O/c1-5-16-8-7-9-17(6-2)21(16)23-13-19-12-18-11-14(3)10-15(4)20(18)24-22(19)25/h7-12,23H,5-6,13H2,1-4H3,(H,24,25). The molecule has 3 nitrogen and oxygen atoms in total. The van der Waals surface area contributed by atoms with Crippen molar-refractivity contribution in [1.29, 1.82) is 0 Å². The molecule has 25 heavy (non-hydrogen) atoms. The normalized spacial score (nSPS) is 11.0. The number of fused-ring (bicyclic) bond motifs is 1. The lowest BCUT2D eigenvalue weighted by atomic mass is 10.0. The van der Waals surface area contributed by atoms with Gasteiger partial charge in [-0.2, -0.15) is 0 Å². The second-order valence-corrected chi connectivity index (χ2v) is 6.68. The first-order valence-electron chi connectivity index (χ1n) is 9.01. The molecule has 0 radical (unpaired) electrons. The van der Waals surface area contributed by atoms with E-state index in [4.69, 9.17) is 0 Å². The van der Waals surface area contributed by atoms with Gasteiger partial charge in [0.2, 0.25) is 0 Å². The molecule has 3 rings (SSSR count). The zero-order valence-electron chi connectivity index (χ0n) is 15.5. The fourth-order valence-corrected chi connectivity index (χ4v) is 3.52. The molecule has 0 spiro atoms. The molecule has 0 bridgehead atoms. The molecular formula is C22H26N2O. The van der Waals surface area contributed by atoms with Crippen LogP contribution in [0.15, 0.2) is 41.2 Å². The number of rotatable bonds is 5. The number of aromatic amines is 1. The van der Waals surface area contributed by atoms with Crippen LogP contribution in [-0.2, 0) is 19.4 Å². The first-order valence-corrected chi connectivity index (χ1v) is 9.01. The summed E-state index contributed by atoms with van der Waals surface area (Å²) in [5.74, 6) is 0. The third-order valence-electron chi connectivity index (χ3n) is 4.82. The Balaban J connectivity index is 1.97. The number of hydrogen-bond donors (Lipinski definition) is 2. The summed E-state index contributed by atoms with van der Waals surface area (Å²) in [5.41, 5.74) is 7.77. The molecule has 0 aliphatic carbocycles. The van der Waals surface area contributed by atoms with Crippen LogP contribution in [0.25, 0.3) is 10.9 Å². The largest absolute Gasteiger partial charge is 0.380 e. The van der Waals surface area contributed by atoms with Crippen molar-refractivity contribution in [2.45, 2.75) is 47.1 Å². The maximum atomic E-state index is 12.5. The minimum Gasteiger partial charge on any atom is -0.380 e. The fraction of sp³-hybridized carbons (Fsp3) is 0.318. The van der Waals surface area contributed by atoms with E-state index in [2.05, 4.69) is 61.4 Å². The van der Waals surface area contributed by atoms with Crippen LogP contribution in [0.3, 0.4) is 0 Å². The van der Waals surface area contributed by atoms with Crippen molar-refractivity contribution in [1.82, 2.24) is 4.98 Å². The topological polar surface area (TPSA) is 44.9 Å². The molecule has 0 fully saturated rings. The lowest BCUT2D eigenvalue weighted by Crippen LogP contribution is -2.17. The molecule has 1 aromatic heterocycles. The second kappa shape index (κ2) is 7.14. The molecule has 1 heterocycles. The third-order valence-corrected chi connectivity index (χ3v) is 4.82. The molecule has 130 valence electrons. The van der Waals surface area contributed by atoms with E-state index in [9.17, 15) is 4.79 Å². The summed E-state index contributed by atoms with van der Waals surface area (Å²) in [6.45, 7) is 8.97. The summed E-state index contributed by atoms with van der Waals surface area (Å²) in [5, 5.41) is 4.61. The number of para-hydroxylation sites is 1. The molecule has 0 atom stereocenters. The van der Waals surface area contributed by atoms with Gasteiger partial charge in [0.05, 0.1) is 5.52 Å². The average Bonchev–Trinajstić information content (AvgIpc) is 2.60. The van der Waals surface area contributed by atoms with Crippen LogP contribution in [0.1, 0.15) is 41.7 Å². The van der Waals surface area contributed by atoms with E-state index in [1.54, 1.807) is 0 Å². The van der Waals surface area contributed by atoms with Gasteiger partial charge >= 0.3 is 0 Å². The van der Waals surface area contributed by atoms with E-state index in [1.165, 1.54) is 22.4 Å². The predicted molar refractivity (Wildman–Crippen MR) is 107 cm³/mol. The van der Waals surface area contributed by atoms with Crippen LogP contribution >= 0.6 is 0 Å². The maximum Gasteiger partial charge on any atom is 0.253 e. The molecule has 3 aromatic rings. The summed E-state index contributed by atoms with van der Waals surface area (Å²) in [7, 11) is 0. The van der Waals surface area contributed by atoms with E-state index >= 15 is 0 Å². The predicted octanol–water partition coefficient (Wildman–Crippen LogP) is 4.88. The molecule has 0 amide bonds. The zero-order chi connectivity index (χ0) is 18.0. The van der Waals surface area contributed by atoms with Gasteiger partial charge in [0.1, 0.15) is 0 Å². The van der Waals surface area contributed by atoms with Crippen LogP contribution in [0.5, 0.6) is 0 Å². The second-order valence-electron chi connectivity index (χ2n) is 6.68. The van der Waals surface area contributed by atoms with Gasteiger partial charge in [0.15, 0.2) is 0 Å². The Morgan fingerprint density at radius 1 is 0.960 bits per heavy atom. The Kier molecular flexibility index (Phi) is 4.93. The first-order chi connectivity index (χ1) is 12.0. The molecule has 0 aliphatic rings. The minimum absolute atomic E-state index is 0.0148. The summed E-state index contributed by atoms with van der Waals surface area (Å²) in [6, 6.07) is 12.6. The van der Waals surface area contributed by atoms with Gasteiger partial charge in [-0.1, -0.05) is 43.7 Å². The van der Waals surface area contributed by atoms with E-state index in [0.29, 0.717) is 6.54 Å². The van der Waals surface area contributed by atoms with Crippen molar-refractivity contribution in [2.24, 2.45) is 0 Å². The summed E-state index contributed by atoms with van der Waals surface area (Å²) >= 11 is 0. The molecule has 0 saturated carbocycles. The van der Waals surface area contributed by atoms with Crippen molar-refractivity contribution in [3.05, 3.63) is 74.6 Å². The van der Waals surface area contributed by atoms with Crippen LogP contribution in [0.2, 0.25) is 0 Å². The van der Waals surface area contributed by atoms with Crippen molar-refractivity contribution in [2.75, 3.05) is 5.32 Å². The molecule has 2 N–H and O–H groups in total. The molecule has 3 heteroatoms. The lowest BCUT2D eigenvalue weighted by Gasteiger charge is -2.15. The van der Waals surface area contributed by atoms with Crippen molar-refractivity contribution < 1.29 is 0 Å². The highest BCUT2D eigenvalue weighted by Crippen LogP contribution is 2.24. The minimum atomic E-state index is -0.0148. The molecular weight excluding hydrogens is 308 g/mol. The number of H-pyrrole nitrogens is 1. The highest BCUT2D eigenvalue weighted by molar-refractivity contribution is 5.83. The van der Waals surface area contributed by atoms with Crippen LogP contribution in [0, 0.1) is 13.8 Å². The van der Waals surface area contributed by atoms with Crippen LogP contribution in [0.4, 0.5) is 5.69 Å². The fourth-order valence-electron chi connectivity index (χ4n) is 3.52. The van der Waals surface area contributed by atoms with Crippen LogP contribution < -0.4 is 10.9 Å². The Hall–Kier alpha value is -2.55. The van der Waals surface area contributed by atoms with Gasteiger partial charge in [-0.25, -0.2) is 0 Å². The zero-order valence-corrected chi connectivity index (χ0v) is 15.5. The molecule has 0 unspecified atom stereocenters. The Bertz CT molecular complexity index is 947. The van der Waals surface area contributed by atoms with E-state index < -0.39 is 0 Å².